The lowest BCUT2D eigenvalue weighted by atomic mass is 10.3. The Balaban J connectivity index is 1.70. The first-order chi connectivity index (χ1) is 10.1. The van der Waals surface area contributed by atoms with Gasteiger partial charge in [-0.25, -0.2) is 4.79 Å². The minimum atomic E-state index is -0.793. The zero-order chi connectivity index (χ0) is 15.2. The molecule has 9 nitrogen and oxygen atoms in total. The predicted octanol–water partition coefficient (Wildman–Crippen LogP) is -0.883. The molecule has 1 aromatic rings. The van der Waals surface area contributed by atoms with Crippen LogP contribution >= 0.6 is 0 Å². The summed E-state index contributed by atoms with van der Waals surface area (Å²) in [4.78, 5) is 26.3. The van der Waals surface area contributed by atoms with Gasteiger partial charge in [0.05, 0.1) is 13.0 Å². The molecular weight excluding hydrogens is 276 g/mol. The van der Waals surface area contributed by atoms with Gasteiger partial charge in [0.1, 0.15) is 6.33 Å². The lowest BCUT2D eigenvalue weighted by molar-refractivity contribution is -0.137. The van der Waals surface area contributed by atoms with E-state index in [1.165, 1.54) is 0 Å². The number of aliphatic carboxylic acids is 1. The number of hydrogen-bond donors (Lipinski definition) is 2. The molecular formula is C12H20N6O3. The zero-order valence-corrected chi connectivity index (χ0v) is 12.0. The SMILES string of the molecule is Cn1cnnc1CNC(=O)N1CCN(CCC(=O)O)CC1. The lowest BCUT2D eigenvalue weighted by Crippen LogP contribution is -2.51. The third-order valence-corrected chi connectivity index (χ3v) is 3.50. The standard InChI is InChI=1S/C12H20N6O3/c1-16-9-14-15-10(16)8-13-12(21)18-6-4-17(5-7-18)3-2-11(19)20/h9H,2-8H2,1H3,(H,13,21)(H,19,20). The zero-order valence-electron chi connectivity index (χ0n) is 12.0. The molecule has 1 aliphatic heterocycles. The van der Waals surface area contributed by atoms with E-state index in [1.54, 1.807) is 15.8 Å². The molecule has 0 radical (unpaired) electrons. The van der Waals surface area contributed by atoms with Crippen LogP contribution in [-0.2, 0) is 18.4 Å². The first kappa shape index (κ1) is 15.2. The van der Waals surface area contributed by atoms with Gasteiger partial charge in [-0.05, 0) is 0 Å². The molecule has 116 valence electrons. The van der Waals surface area contributed by atoms with Crippen molar-refractivity contribution in [3.63, 3.8) is 0 Å². The minimum absolute atomic E-state index is 0.129. The number of carbonyl (C=O) groups excluding carboxylic acids is 1. The van der Waals surface area contributed by atoms with E-state index in [1.807, 2.05) is 7.05 Å². The second kappa shape index (κ2) is 7.02. The maximum atomic E-state index is 12.0. The molecule has 0 saturated carbocycles. The Morgan fingerprint density at radius 1 is 1.33 bits per heavy atom. The van der Waals surface area contributed by atoms with Crippen molar-refractivity contribution < 1.29 is 14.7 Å². The average molecular weight is 296 g/mol. The summed E-state index contributed by atoms with van der Waals surface area (Å²) in [5, 5.41) is 19.1. The van der Waals surface area contributed by atoms with Crippen molar-refractivity contribution in [2.45, 2.75) is 13.0 Å². The molecule has 1 saturated heterocycles. The summed E-state index contributed by atoms with van der Waals surface area (Å²) in [5.41, 5.74) is 0. The van der Waals surface area contributed by atoms with Crippen LogP contribution in [0.3, 0.4) is 0 Å². The highest BCUT2D eigenvalue weighted by molar-refractivity contribution is 5.74. The Hall–Kier alpha value is -2.16. The molecule has 2 amide bonds. The van der Waals surface area contributed by atoms with Crippen LogP contribution in [-0.4, -0.2) is 74.4 Å². The van der Waals surface area contributed by atoms with Gasteiger partial charge < -0.3 is 19.9 Å². The Kier molecular flexibility index (Phi) is 5.09. The predicted molar refractivity (Wildman–Crippen MR) is 73.5 cm³/mol. The van der Waals surface area contributed by atoms with Crippen molar-refractivity contribution in [3.8, 4) is 0 Å². The molecule has 9 heteroatoms. The fraction of sp³-hybridized carbons (Fsp3) is 0.667. The minimum Gasteiger partial charge on any atom is -0.481 e. The molecule has 21 heavy (non-hydrogen) atoms. The second-order valence-electron chi connectivity index (χ2n) is 4.99. The average Bonchev–Trinajstić information content (AvgIpc) is 2.88. The van der Waals surface area contributed by atoms with E-state index in [0.717, 1.165) is 0 Å². The summed E-state index contributed by atoms with van der Waals surface area (Å²) in [6, 6.07) is -0.129. The van der Waals surface area contributed by atoms with Crippen LogP contribution in [0, 0.1) is 0 Å². The summed E-state index contributed by atoms with van der Waals surface area (Å²) in [7, 11) is 1.82. The monoisotopic (exact) mass is 296 g/mol. The smallest absolute Gasteiger partial charge is 0.317 e. The van der Waals surface area contributed by atoms with Crippen molar-refractivity contribution in [3.05, 3.63) is 12.2 Å². The molecule has 2 heterocycles. The van der Waals surface area contributed by atoms with Crippen molar-refractivity contribution in [1.82, 2.24) is 29.9 Å². The van der Waals surface area contributed by atoms with Crippen LogP contribution in [0.15, 0.2) is 6.33 Å². The number of carboxylic acid groups (broad SMARTS) is 1. The second-order valence-corrected chi connectivity index (χ2v) is 4.99. The number of urea groups is 1. The summed E-state index contributed by atoms with van der Waals surface area (Å²) >= 11 is 0. The van der Waals surface area contributed by atoms with Crippen LogP contribution < -0.4 is 5.32 Å². The first-order valence-corrected chi connectivity index (χ1v) is 6.86. The first-order valence-electron chi connectivity index (χ1n) is 6.86. The molecule has 1 aliphatic rings. The molecule has 2 rings (SSSR count). The van der Waals surface area contributed by atoms with E-state index >= 15 is 0 Å². The third kappa shape index (κ3) is 4.42. The van der Waals surface area contributed by atoms with Crippen molar-refractivity contribution in [2.24, 2.45) is 7.05 Å². The quantitative estimate of drug-likeness (QED) is 0.731. The number of nitrogens with one attached hydrogen (secondary N) is 1. The van der Waals surface area contributed by atoms with E-state index in [2.05, 4.69) is 20.4 Å². The van der Waals surface area contributed by atoms with E-state index in [4.69, 9.17) is 5.11 Å². The van der Waals surface area contributed by atoms with Crippen LogP contribution in [0.4, 0.5) is 4.79 Å². The van der Waals surface area contributed by atoms with Crippen LogP contribution in [0.2, 0.25) is 0 Å². The van der Waals surface area contributed by atoms with Crippen LogP contribution in [0.5, 0.6) is 0 Å². The maximum Gasteiger partial charge on any atom is 0.317 e. The highest BCUT2D eigenvalue weighted by Crippen LogP contribution is 2.03. The van der Waals surface area contributed by atoms with Crippen molar-refractivity contribution in [2.75, 3.05) is 32.7 Å². The fourth-order valence-electron chi connectivity index (χ4n) is 2.16. The van der Waals surface area contributed by atoms with Gasteiger partial charge in [0, 0.05) is 39.8 Å². The van der Waals surface area contributed by atoms with E-state index < -0.39 is 5.97 Å². The van der Waals surface area contributed by atoms with Gasteiger partial charge in [-0.1, -0.05) is 0 Å². The van der Waals surface area contributed by atoms with Gasteiger partial charge in [0.2, 0.25) is 0 Å². The summed E-state index contributed by atoms with van der Waals surface area (Å²) in [5.74, 6) is -0.0951. The van der Waals surface area contributed by atoms with E-state index in [0.29, 0.717) is 45.1 Å². The fourth-order valence-corrected chi connectivity index (χ4v) is 2.16. The highest BCUT2D eigenvalue weighted by atomic mass is 16.4. The van der Waals surface area contributed by atoms with Gasteiger partial charge in [-0.15, -0.1) is 10.2 Å². The number of piperazine rings is 1. The molecule has 0 aliphatic carbocycles. The number of carbonyl (C=O) groups is 2. The molecule has 0 aromatic carbocycles. The Labute approximate surface area is 122 Å². The number of aryl methyl sites for hydroxylation is 1. The Morgan fingerprint density at radius 3 is 2.62 bits per heavy atom. The lowest BCUT2D eigenvalue weighted by Gasteiger charge is -2.34. The maximum absolute atomic E-state index is 12.0. The molecule has 1 aromatic heterocycles. The highest BCUT2D eigenvalue weighted by Gasteiger charge is 2.21. The number of hydrogen-bond acceptors (Lipinski definition) is 5. The van der Waals surface area contributed by atoms with Crippen LogP contribution in [0.1, 0.15) is 12.2 Å². The van der Waals surface area contributed by atoms with E-state index in [9.17, 15) is 9.59 Å². The van der Waals surface area contributed by atoms with Gasteiger partial charge in [-0.3, -0.25) is 9.69 Å². The molecule has 0 bridgehead atoms. The van der Waals surface area contributed by atoms with Crippen molar-refractivity contribution in [1.29, 1.82) is 0 Å². The number of carboxylic acids is 1. The summed E-state index contributed by atoms with van der Waals surface area (Å²) in [6.45, 7) is 3.47. The largest absolute Gasteiger partial charge is 0.481 e. The normalized spacial score (nSPS) is 16.0. The van der Waals surface area contributed by atoms with Gasteiger partial charge in [-0.2, -0.15) is 0 Å². The summed E-state index contributed by atoms with van der Waals surface area (Å²) in [6.07, 6.45) is 1.72. The Morgan fingerprint density at radius 2 is 2.05 bits per heavy atom. The van der Waals surface area contributed by atoms with Gasteiger partial charge in [0.15, 0.2) is 5.82 Å². The summed E-state index contributed by atoms with van der Waals surface area (Å²) < 4.78 is 1.75. The molecule has 0 spiro atoms. The van der Waals surface area contributed by atoms with Gasteiger partial charge in [0.25, 0.3) is 0 Å². The molecule has 0 unspecified atom stereocenters. The van der Waals surface area contributed by atoms with Gasteiger partial charge >= 0.3 is 12.0 Å². The molecule has 2 N–H and O–H groups in total. The number of amides is 2. The topological polar surface area (TPSA) is 104 Å². The molecule has 0 atom stereocenters. The van der Waals surface area contributed by atoms with Crippen LogP contribution in [0.25, 0.3) is 0 Å². The number of nitrogens with zero attached hydrogens (tertiary/aromatic N) is 5. The third-order valence-electron chi connectivity index (χ3n) is 3.50. The molecule has 1 fully saturated rings. The number of aromatic nitrogens is 3. The number of rotatable bonds is 5. The van der Waals surface area contributed by atoms with Crippen molar-refractivity contribution >= 4 is 12.0 Å². The Bertz CT molecular complexity index is 495. The van der Waals surface area contributed by atoms with E-state index in [-0.39, 0.29) is 12.5 Å².